The normalized spacial score (nSPS) is 13.4. The van der Waals surface area contributed by atoms with Crippen LogP contribution in [-0.2, 0) is 24.0 Å². The van der Waals surface area contributed by atoms with Gasteiger partial charge in [0.25, 0.3) is 0 Å². The Labute approximate surface area is 274 Å². The molecule has 0 aliphatic heterocycles. The van der Waals surface area contributed by atoms with Crippen LogP contribution in [0.5, 0.6) is 5.75 Å². The van der Waals surface area contributed by atoms with Crippen molar-refractivity contribution in [3.63, 3.8) is 0 Å². The molecular formula is C39H47N3O3Si. The standard InChI is InChI=1S/C39H47N3O3Si/c1-39(2,3)46(4,5)45-38(34(41-26-29-12-8-6-9-13-29)23-18-28-16-19-31(40)20-17-28)33-21-24-35(37-32(33)22-25-36(43)42-37)44-27-30-14-10-7-11-15-30/h6-17,19-22,24-25,34,38,41H,18,23,26-27,40H2,1-5H3,(H,42,43)/t34?,38-/m1/s1. The van der Waals surface area contributed by atoms with Crippen LogP contribution in [0.3, 0.4) is 0 Å². The van der Waals surface area contributed by atoms with Gasteiger partial charge in [0.15, 0.2) is 8.32 Å². The van der Waals surface area contributed by atoms with E-state index in [9.17, 15) is 4.79 Å². The zero-order chi connectivity index (χ0) is 32.7. The Hall–Kier alpha value is -4.17. The Morgan fingerprint density at radius 3 is 2.11 bits per heavy atom. The molecule has 0 spiro atoms. The van der Waals surface area contributed by atoms with E-state index in [0.717, 1.165) is 35.0 Å². The van der Waals surface area contributed by atoms with Gasteiger partial charge in [-0.3, -0.25) is 4.79 Å². The maximum atomic E-state index is 12.7. The smallest absolute Gasteiger partial charge is 0.248 e. The number of rotatable bonds is 13. The summed E-state index contributed by atoms with van der Waals surface area (Å²) in [6.07, 6.45) is 1.42. The third-order valence-corrected chi connectivity index (χ3v) is 13.6. The van der Waals surface area contributed by atoms with Crippen LogP contribution in [0.2, 0.25) is 18.1 Å². The first-order chi connectivity index (χ1) is 22.0. The number of H-pyrrole nitrogens is 1. The molecule has 1 aromatic heterocycles. The van der Waals surface area contributed by atoms with Crippen LogP contribution in [0.4, 0.5) is 5.69 Å². The fourth-order valence-corrected chi connectivity index (χ4v) is 6.70. The molecular weight excluding hydrogens is 587 g/mol. The quantitative estimate of drug-likeness (QED) is 0.0893. The van der Waals surface area contributed by atoms with Crippen LogP contribution in [0.1, 0.15) is 55.5 Å². The minimum Gasteiger partial charge on any atom is -0.487 e. The van der Waals surface area contributed by atoms with Crippen molar-refractivity contribution in [2.75, 3.05) is 5.73 Å². The topological polar surface area (TPSA) is 89.4 Å². The number of pyridine rings is 1. The predicted octanol–water partition coefficient (Wildman–Crippen LogP) is 8.54. The number of anilines is 1. The molecule has 0 amide bonds. The average Bonchev–Trinajstić information content (AvgIpc) is 3.04. The Bertz CT molecular complexity index is 1760. The molecule has 46 heavy (non-hydrogen) atoms. The number of hydrogen-bond acceptors (Lipinski definition) is 5. The number of fused-ring (bicyclic) bond motifs is 1. The van der Waals surface area contributed by atoms with Gasteiger partial charge < -0.3 is 25.2 Å². The predicted molar refractivity (Wildman–Crippen MR) is 193 cm³/mol. The second-order valence-electron chi connectivity index (χ2n) is 13.6. The number of aromatic amines is 1. The second-order valence-corrected chi connectivity index (χ2v) is 18.3. The Morgan fingerprint density at radius 2 is 1.46 bits per heavy atom. The highest BCUT2D eigenvalue weighted by atomic mass is 28.4. The van der Waals surface area contributed by atoms with Crippen molar-refractivity contribution < 1.29 is 9.16 Å². The van der Waals surface area contributed by atoms with Gasteiger partial charge in [-0.15, -0.1) is 0 Å². The van der Waals surface area contributed by atoms with Gasteiger partial charge in [0.1, 0.15) is 12.4 Å². The van der Waals surface area contributed by atoms with Gasteiger partial charge in [-0.25, -0.2) is 0 Å². The lowest BCUT2D eigenvalue weighted by Gasteiger charge is -2.42. The molecule has 240 valence electrons. The molecule has 1 heterocycles. The molecule has 0 saturated carbocycles. The summed E-state index contributed by atoms with van der Waals surface area (Å²) >= 11 is 0. The minimum absolute atomic E-state index is 0.00492. The molecule has 0 saturated heterocycles. The fraction of sp³-hybridized carbons (Fsp3) is 0.308. The number of nitrogen functional groups attached to an aromatic ring is 1. The zero-order valence-electron chi connectivity index (χ0n) is 27.7. The van der Waals surface area contributed by atoms with E-state index in [1.54, 1.807) is 6.07 Å². The number of nitrogens with two attached hydrogens (primary N) is 1. The summed E-state index contributed by atoms with van der Waals surface area (Å²) in [5, 5.41) is 4.82. The number of aromatic nitrogens is 1. The number of hydrogen-bond donors (Lipinski definition) is 3. The molecule has 0 bridgehead atoms. The summed E-state index contributed by atoms with van der Waals surface area (Å²) < 4.78 is 13.7. The van der Waals surface area contributed by atoms with Gasteiger partial charge in [-0.2, -0.15) is 0 Å². The number of ether oxygens (including phenoxy) is 1. The SMILES string of the molecule is CC(C)(C)[Si](C)(C)O[C@H](c1ccc(OCc2ccccc2)c2[nH]c(=O)ccc12)C(CCc1ccc(N)cc1)NCc1ccccc1. The molecule has 2 atom stereocenters. The maximum Gasteiger partial charge on any atom is 0.248 e. The van der Waals surface area contributed by atoms with Crippen LogP contribution in [0.25, 0.3) is 10.9 Å². The van der Waals surface area contributed by atoms with Crippen molar-refractivity contribution in [2.45, 2.75) is 77.0 Å². The maximum absolute atomic E-state index is 12.7. The first kappa shape index (κ1) is 33.2. The summed E-state index contributed by atoms with van der Waals surface area (Å²) in [6, 6.07) is 36.2. The van der Waals surface area contributed by atoms with Crippen LogP contribution >= 0.6 is 0 Å². The molecule has 0 aliphatic carbocycles. The Kier molecular flexibility index (Phi) is 10.5. The van der Waals surface area contributed by atoms with Gasteiger partial charge in [-0.05, 0) is 77.5 Å². The molecule has 7 heteroatoms. The average molecular weight is 634 g/mol. The van der Waals surface area contributed by atoms with E-state index < -0.39 is 8.32 Å². The molecule has 0 aliphatic rings. The first-order valence-electron chi connectivity index (χ1n) is 16.1. The van der Waals surface area contributed by atoms with Crippen molar-refractivity contribution in [1.82, 2.24) is 10.3 Å². The number of nitrogens with one attached hydrogen (secondary N) is 2. The molecule has 0 radical (unpaired) electrons. The van der Waals surface area contributed by atoms with E-state index >= 15 is 0 Å². The third kappa shape index (κ3) is 8.34. The van der Waals surface area contributed by atoms with E-state index in [0.29, 0.717) is 24.4 Å². The zero-order valence-corrected chi connectivity index (χ0v) is 28.7. The first-order valence-corrected chi connectivity index (χ1v) is 19.0. The van der Waals surface area contributed by atoms with Gasteiger partial charge in [0.2, 0.25) is 5.56 Å². The molecule has 1 unspecified atom stereocenters. The lowest BCUT2D eigenvalue weighted by molar-refractivity contribution is 0.132. The van der Waals surface area contributed by atoms with E-state index in [-0.39, 0.29) is 22.7 Å². The summed E-state index contributed by atoms with van der Waals surface area (Å²) in [4.78, 5) is 15.8. The van der Waals surface area contributed by atoms with Crippen LogP contribution < -0.4 is 21.3 Å². The Balaban J connectivity index is 1.58. The minimum atomic E-state index is -2.27. The fourth-order valence-electron chi connectivity index (χ4n) is 5.42. The van der Waals surface area contributed by atoms with Gasteiger partial charge >= 0.3 is 0 Å². The molecule has 0 fully saturated rings. The number of benzene rings is 4. The lowest BCUT2D eigenvalue weighted by atomic mass is 9.93. The van der Waals surface area contributed by atoms with Crippen molar-refractivity contribution in [1.29, 1.82) is 0 Å². The number of aryl methyl sites for hydroxylation is 1. The van der Waals surface area contributed by atoms with Gasteiger partial charge in [0.05, 0.1) is 11.6 Å². The van der Waals surface area contributed by atoms with E-state index in [4.69, 9.17) is 14.9 Å². The van der Waals surface area contributed by atoms with E-state index in [2.05, 4.69) is 86.6 Å². The highest BCUT2D eigenvalue weighted by Gasteiger charge is 2.41. The molecule has 5 aromatic rings. The highest BCUT2D eigenvalue weighted by molar-refractivity contribution is 6.74. The molecule has 4 aromatic carbocycles. The van der Waals surface area contributed by atoms with Crippen LogP contribution in [0, 0.1) is 0 Å². The van der Waals surface area contributed by atoms with Crippen LogP contribution in [0.15, 0.2) is 114 Å². The van der Waals surface area contributed by atoms with Crippen molar-refractivity contribution in [3.8, 4) is 5.75 Å². The summed E-state index contributed by atoms with van der Waals surface area (Å²) in [7, 11) is -2.27. The summed E-state index contributed by atoms with van der Waals surface area (Å²) in [5.41, 5.74) is 11.8. The summed E-state index contributed by atoms with van der Waals surface area (Å²) in [6.45, 7) is 12.5. The van der Waals surface area contributed by atoms with E-state index in [1.165, 1.54) is 11.1 Å². The summed E-state index contributed by atoms with van der Waals surface area (Å²) in [5.74, 6) is 0.641. The van der Waals surface area contributed by atoms with Crippen molar-refractivity contribution in [2.24, 2.45) is 0 Å². The largest absolute Gasteiger partial charge is 0.487 e. The Morgan fingerprint density at radius 1 is 0.804 bits per heavy atom. The highest BCUT2D eigenvalue weighted by Crippen LogP contribution is 2.43. The van der Waals surface area contributed by atoms with Crippen molar-refractivity contribution in [3.05, 3.63) is 142 Å². The van der Waals surface area contributed by atoms with Gasteiger partial charge in [0, 0.05) is 29.7 Å². The molecule has 4 N–H and O–H groups in total. The lowest BCUT2D eigenvalue weighted by Crippen LogP contribution is -2.47. The molecule has 5 rings (SSSR count). The van der Waals surface area contributed by atoms with Crippen LogP contribution in [-0.4, -0.2) is 19.3 Å². The molecule has 6 nitrogen and oxygen atoms in total. The second kappa shape index (κ2) is 14.5. The van der Waals surface area contributed by atoms with E-state index in [1.807, 2.05) is 60.7 Å². The van der Waals surface area contributed by atoms with Gasteiger partial charge in [-0.1, -0.05) is 99.6 Å². The third-order valence-electron chi connectivity index (χ3n) is 9.16. The van der Waals surface area contributed by atoms with Crippen molar-refractivity contribution >= 4 is 24.9 Å². The monoisotopic (exact) mass is 633 g/mol.